The van der Waals surface area contributed by atoms with E-state index in [4.69, 9.17) is 5.73 Å². The molecule has 0 aromatic heterocycles. The summed E-state index contributed by atoms with van der Waals surface area (Å²) in [5, 5.41) is 5.68. The molecule has 2 rings (SSSR count). The molecule has 5 nitrogen and oxygen atoms in total. The van der Waals surface area contributed by atoms with E-state index in [1.807, 2.05) is 13.8 Å². The first-order valence-electron chi connectivity index (χ1n) is 7.31. The van der Waals surface area contributed by atoms with Gasteiger partial charge in [-0.25, -0.2) is 0 Å². The molecule has 2 aliphatic rings. The Bertz CT molecular complexity index is 342. The second kappa shape index (κ2) is 7.27. The van der Waals surface area contributed by atoms with Crippen LogP contribution in [0.5, 0.6) is 0 Å². The van der Waals surface area contributed by atoms with Crippen molar-refractivity contribution in [2.45, 2.75) is 51.6 Å². The summed E-state index contributed by atoms with van der Waals surface area (Å²) in [7, 11) is 0. The monoisotopic (exact) mass is 303 g/mol. The molecule has 4 N–H and O–H groups in total. The number of rotatable bonds is 7. The van der Waals surface area contributed by atoms with Crippen LogP contribution in [0.15, 0.2) is 0 Å². The predicted octanol–water partition coefficient (Wildman–Crippen LogP) is 0.812. The van der Waals surface area contributed by atoms with Crippen molar-refractivity contribution in [2.75, 3.05) is 6.54 Å². The Balaban J connectivity index is 0.00000200. The molecule has 0 aliphatic heterocycles. The second-order valence-electron chi connectivity index (χ2n) is 6.26. The highest BCUT2D eigenvalue weighted by Crippen LogP contribution is 2.44. The zero-order valence-electron chi connectivity index (χ0n) is 12.2. The van der Waals surface area contributed by atoms with Crippen LogP contribution < -0.4 is 16.4 Å². The summed E-state index contributed by atoms with van der Waals surface area (Å²) >= 11 is 0. The van der Waals surface area contributed by atoms with Crippen LogP contribution in [0.4, 0.5) is 0 Å². The summed E-state index contributed by atoms with van der Waals surface area (Å²) in [6.07, 6.45) is 4.91. The molecule has 6 heteroatoms. The Kier molecular flexibility index (Phi) is 6.27. The van der Waals surface area contributed by atoms with Gasteiger partial charge in [0.25, 0.3) is 0 Å². The van der Waals surface area contributed by atoms with E-state index < -0.39 is 6.04 Å². The summed E-state index contributed by atoms with van der Waals surface area (Å²) in [5.41, 5.74) is 5.72. The number of carbonyl (C=O) groups is 2. The van der Waals surface area contributed by atoms with Gasteiger partial charge in [-0.05, 0) is 43.4 Å². The minimum atomic E-state index is -0.546. The summed E-state index contributed by atoms with van der Waals surface area (Å²) in [5.74, 6) is 1.08. The molecule has 2 fully saturated rings. The maximum atomic E-state index is 11.8. The summed E-state index contributed by atoms with van der Waals surface area (Å²) < 4.78 is 0. The molecule has 0 radical (unpaired) electrons. The van der Waals surface area contributed by atoms with Crippen LogP contribution in [0, 0.1) is 17.8 Å². The number of hydrogen-bond acceptors (Lipinski definition) is 3. The third kappa shape index (κ3) is 4.94. The largest absolute Gasteiger partial charge is 0.351 e. The average Bonchev–Trinajstić information content (AvgIpc) is 3.24. The molecule has 116 valence electrons. The molecule has 2 saturated carbocycles. The first-order valence-corrected chi connectivity index (χ1v) is 7.31. The number of carbonyl (C=O) groups excluding carboxylic acids is 2. The fourth-order valence-electron chi connectivity index (χ4n) is 2.36. The van der Waals surface area contributed by atoms with E-state index in [-0.39, 0.29) is 36.7 Å². The van der Waals surface area contributed by atoms with Gasteiger partial charge in [0.15, 0.2) is 0 Å². The topological polar surface area (TPSA) is 84.2 Å². The van der Waals surface area contributed by atoms with Gasteiger partial charge in [-0.2, -0.15) is 0 Å². The molecule has 1 atom stereocenters. The lowest BCUT2D eigenvalue weighted by molar-refractivity contribution is -0.127. The molecule has 0 aromatic rings. The van der Waals surface area contributed by atoms with Crippen LogP contribution in [-0.4, -0.2) is 30.4 Å². The van der Waals surface area contributed by atoms with Crippen LogP contribution in [0.25, 0.3) is 0 Å². The van der Waals surface area contributed by atoms with Crippen molar-refractivity contribution in [3.8, 4) is 0 Å². The molecule has 0 aromatic carbocycles. The highest BCUT2D eigenvalue weighted by molar-refractivity contribution is 5.87. The quantitative estimate of drug-likeness (QED) is 0.651. The zero-order valence-corrected chi connectivity index (χ0v) is 13.0. The predicted molar refractivity (Wildman–Crippen MR) is 80.4 cm³/mol. The van der Waals surface area contributed by atoms with Crippen LogP contribution in [0.1, 0.15) is 39.5 Å². The van der Waals surface area contributed by atoms with E-state index in [2.05, 4.69) is 10.6 Å². The normalized spacial score (nSPS) is 19.4. The summed E-state index contributed by atoms with van der Waals surface area (Å²) in [6, 6.07) is -0.210. The SMILES string of the molecule is CC(C)[C@H](N)C(=O)NCC(=O)NC(C1CC1)C1CC1.Cl. The lowest BCUT2D eigenvalue weighted by Gasteiger charge is -2.19. The number of halogens is 1. The van der Waals surface area contributed by atoms with Crippen molar-refractivity contribution >= 4 is 24.2 Å². The second-order valence-corrected chi connectivity index (χ2v) is 6.26. The molecular weight excluding hydrogens is 278 g/mol. The van der Waals surface area contributed by atoms with Crippen molar-refractivity contribution < 1.29 is 9.59 Å². The molecule has 2 amide bonds. The van der Waals surface area contributed by atoms with Crippen molar-refractivity contribution in [1.82, 2.24) is 10.6 Å². The standard InChI is InChI=1S/C14H25N3O2.ClH/c1-8(2)12(15)14(19)16-7-11(18)17-13(9-3-4-9)10-5-6-10;/h8-10,12-13H,3-7,15H2,1-2H3,(H,16,19)(H,17,18);1H/t12-;/m0./s1. The number of hydrogen-bond donors (Lipinski definition) is 3. The van der Waals surface area contributed by atoms with Gasteiger partial charge in [-0.15, -0.1) is 12.4 Å². The lowest BCUT2D eigenvalue weighted by atomic mass is 10.1. The number of nitrogens with one attached hydrogen (secondary N) is 2. The van der Waals surface area contributed by atoms with E-state index in [1.54, 1.807) is 0 Å². The average molecular weight is 304 g/mol. The van der Waals surface area contributed by atoms with Gasteiger partial charge in [0.1, 0.15) is 0 Å². The van der Waals surface area contributed by atoms with Crippen molar-refractivity contribution in [3.05, 3.63) is 0 Å². The van der Waals surface area contributed by atoms with Crippen LogP contribution in [-0.2, 0) is 9.59 Å². The first kappa shape index (κ1) is 17.2. The van der Waals surface area contributed by atoms with Crippen molar-refractivity contribution in [2.24, 2.45) is 23.5 Å². The van der Waals surface area contributed by atoms with Crippen LogP contribution >= 0.6 is 12.4 Å². The molecular formula is C14H26ClN3O2. The smallest absolute Gasteiger partial charge is 0.239 e. The molecule has 0 saturated heterocycles. The minimum Gasteiger partial charge on any atom is -0.351 e. The third-order valence-corrected chi connectivity index (χ3v) is 4.03. The fourth-order valence-corrected chi connectivity index (χ4v) is 2.36. The van der Waals surface area contributed by atoms with Crippen LogP contribution in [0.2, 0.25) is 0 Å². The molecule has 0 bridgehead atoms. The van der Waals surface area contributed by atoms with E-state index in [0.29, 0.717) is 17.9 Å². The van der Waals surface area contributed by atoms with Gasteiger partial charge in [-0.1, -0.05) is 13.8 Å². The van der Waals surface area contributed by atoms with E-state index in [9.17, 15) is 9.59 Å². The van der Waals surface area contributed by atoms with Crippen LogP contribution in [0.3, 0.4) is 0 Å². The van der Waals surface area contributed by atoms with E-state index >= 15 is 0 Å². The maximum Gasteiger partial charge on any atom is 0.239 e. The summed E-state index contributed by atoms with van der Waals surface area (Å²) in [6.45, 7) is 3.82. The Hall–Kier alpha value is -0.810. The minimum absolute atomic E-state index is 0. The third-order valence-electron chi connectivity index (χ3n) is 4.03. The van der Waals surface area contributed by atoms with Gasteiger partial charge in [-0.3, -0.25) is 9.59 Å². The summed E-state index contributed by atoms with van der Waals surface area (Å²) in [4.78, 5) is 23.5. The number of nitrogens with two attached hydrogens (primary N) is 1. The molecule has 0 unspecified atom stereocenters. The van der Waals surface area contributed by atoms with Gasteiger partial charge < -0.3 is 16.4 Å². The zero-order chi connectivity index (χ0) is 14.0. The van der Waals surface area contributed by atoms with Gasteiger partial charge in [0.05, 0.1) is 12.6 Å². The van der Waals surface area contributed by atoms with E-state index in [1.165, 1.54) is 25.7 Å². The molecule has 0 spiro atoms. The molecule has 2 aliphatic carbocycles. The van der Waals surface area contributed by atoms with Gasteiger partial charge in [0.2, 0.25) is 11.8 Å². The Labute approximate surface area is 126 Å². The van der Waals surface area contributed by atoms with E-state index in [0.717, 1.165) is 0 Å². The van der Waals surface area contributed by atoms with Gasteiger partial charge in [0, 0.05) is 6.04 Å². The molecule has 20 heavy (non-hydrogen) atoms. The Morgan fingerprint density at radius 1 is 1.15 bits per heavy atom. The fraction of sp³-hybridized carbons (Fsp3) is 0.857. The Morgan fingerprint density at radius 3 is 2.05 bits per heavy atom. The van der Waals surface area contributed by atoms with Gasteiger partial charge >= 0.3 is 0 Å². The highest BCUT2D eigenvalue weighted by Gasteiger charge is 2.42. The molecule has 0 heterocycles. The Morgan fingerprint density at radius 2 is 1.65 bits per heavy atom. The van der Waals surface area contributed by atoms with Crippen molar-refractivity contribution in [1.29, 1.82) is 0 Å². The lowest BCUT2D eigenvalue weighted by Crippen LogP contribution is -2.49. The first-order chi connectivity index (χ1) is 8.99. The van der Waals surface area contributed by atoms with Crippen molar-refractivity contribution in [3.63, 3.8) is 0 Å². The number of amides is 2. The maximum absolute atomic E-state index is 11.8. The highest BCUT2D eigenvalue weighted by atomic mass is 35.5.